The second-order valence-electron chi connectivity index (χ2n) is 4.03. The van der Waals surface area contributed by atoms with Crippen LogP contribution in [-0.2, 0) is 4.79 Å². The van der Waals surface area contributed by atoms with Crippen LogP contribution in [0.2, 0.25) is 0 Å². The second-order valence-corrected chi connectivity index (χ2v) is 4.89. The van der Waals surface area contributed by atoms with Crippen LogP contribution in [0.4, 0.5) is 5.69 Å². The van der Waals surface area contributed by atoms with E-state index >= 15 is 0 Å². The third-order valence-electron chi connectivity index (χ3n) is 2.79. The molecule has 1 heterocycles. The van der Waals surface area contributed by atoms with Crippen molar-refractivity contribution < 1.29 is 9.53 Å². The highest BCUT2D eigenvalue weighted by atomic mass is 79.9. The van der Waals surface area contributed by atoms with E-state index in [1.165, 1.54) is 0 Å². The molecule has 17 heavy (non-hydrogen) atoms. The molecule has 5 heteroatoms. The minimum atomic E-state index is 0.146. The number of methoxy groups -OCH3 is 1. The van der Waals surface area contributed by atoms with Crippen LogP contribution in [0.15, 0.2) is 22.7 Å². The molecule has 0 aliphatic carbocycles. The second kappa shape index (κ2) is 5.40. The molecule has 0 bridgehead atoms. The van der Waals surface area contributed by atoms with Gasteiger partial charge in [0, 0.05) is 24.7 Å². The van der Waals surface area contributed by atoms with E-state index in [1.807, 2.05) is 18.2 Å². The fourth-order valence-electron chi connectivity index (χ4n) is 1.85. The standard InChI is InChI=1S/C12H15BrN2O2/c1-17-11-4-2-8(6-10(11)13)14-7-9-3-5-12(16)15-9/h2,4,6,9,14H,3,5,7H2,1H3,(H,15,16). The number of halogens is 1. The molecule has 92 valence electrons. The zero-order valence-corrected chi connectivity index (χ0v) is 11.2. The van der Waals surface area contributed by atoms with Gasteiger partial charge in [-0.2, -0.15) is 0 Å². The molecule has 4 nitrogen and oxygen atoms in total. The minimum absolute atomic E-state index is 0.146. The van der Waals surface area contributed by atoms with Gasteiger partial charge in [0.15, 0.2) is 0 Å². The summed E-state index contributed by atoms with van der Waals surface area (Å²) >= 11 is 3.44. The zero-order chi connectivity index (χ0) is 12.3. The molecular formula is C12H15BrN2O2. The summed E-state index contributed by atoms with van der Waals surface area (Å²) in [6.45, 7) is 0.754. The average Bonchev–Trinajstić information content (AvgIpc) is 2.73. The van der Waals surface area contributed by atoms with Crippen LogP contribution in [-0.4, -0.2) is 25.6 Å². The number of ether oxygens (including phenoxy) is 1. The summed E-state index contributed by atoms with van der Waals surface area (Å²) in [6, 6.07) is 6.07. The Morgan fingerprint density at radius 2 is 2.41 bits per heavy atom. The maximum atomic E-state index is 11.0. The monoisotopic (exact) mass is 298 g/mol. The highest BCUT2D eigenvalue weighted by Gasteiger charge is 2.20. The number of nitrogens with one attached hydrogen (secondary N) is 2. The molecule has 0 saturated carbocycles. The molecule has 0 aromatic heterocycles. The molecule has 1 aromatic carbocycles. The van der Waals surface area contributed by atoms with Crippen molar-refractivity contribution in [3.8, 4) is 5.75 Å². The van der Waals surface area contributed by atoms with Gasteiger partial charge in [-0.3, -0.25) is 4.79 Å². The fraction of sp³-hybridized carbons (Fsp3) is 0.417. The summed E-state index contributed by atoms with van der Waals surface area (Å²) < 4.78 is 6.08. The number of benzene rings is 1. The number of amides is 1. The van der Waals surface area contributed by atoms with Gasteiger partial charge in [-0.1, -0.05) is 0 Å². The van der Waals surface area contributed by atoms with E-state index in [-0.39, 0.29) is 11.9 Å². The Bertz CT molecular complexity index is 423. The first-order valence-electron chi connectivity index (χ1n) is 5.56. The lowest BCUT2D eigenvalue weighted by Crippen LogP contribution is -2.31. The Morgan fingerprint density at radius 1 is 1.59 bits per heavy atom. The summed E-state index contributed by atoms with van der Waals surface area (Å²) in [5.41, 5.74) is 1.01. The number of carbonyl (C=O) groups is 1. The lowest BCUT2D eigenvalue weighted by atomic mass is 10.2. The van der Waals surface area contributed by atoms with Crippen molar-refractivity contribution in [2.45, 2.75) is 18.9 Å². The van der Waals surface area contributed by atoms with E-state index in [0.29, 0.717) is 6.42 Å². The Balaban J connectivity index is 1.91. The third kappa shape index (κ3) is 3.12. The van der Waals surface area contributed by atoms with Gasteiger partial charge in [0.1, 0.15) is 5.75 Å². The quantitative estimate of drug-likeness (QED) is 0.895. The van der Waals surface area contributed by atoms with Crippen LogP contribution in [0, 0.1) is 0 Å². The Labute approximate surface area is 109 Å². The maximum absolute atomic E-state index is 11.0. The molecule has 2 rings (SSSR count). The van der Waals surface area contributed by atoms with E-state index in [0.717, 1.165) is 28.9 Å². The van der Waals surface area contributed by atoms with E-state index in [2.05, 4.69) is 26.6 Å². The fourth-order valence-corrected chi connectivity index (χ4v) is 2.39. The van der Waals surface area contributed by atoms with E-state index < -0.39 is 0 Å². The predicted octanol–water partition coefficient (Wildman–Crippen LogP) is 2.15. The van der Waals surface area contributed by atoms with Crippen molar-refractivity contribution in [3.63, 3.8) is 0 Å². The maximum Gasteiger partial charge on any atom is 0.220 e. The van der Waals surface area contributed by atoms with E-state index in [9.17, 15) is 4.79 Å². The van der Waals surface area contributed by atoms with Crippen molar-refractivity contribution in [2.75, 3.05) is 19.0 Å². The number of hydrogen-bond acceptors (Lipinski definition) is 3. The number of rotatable bonds is 4. The van der Waals surface area contributed by atoms with Gasteiger partial charge in [-0.25, -0.2) is 0 Å². The first-order chi connectivity index (χ1) is 8.19. The normalized spacial score (nSPS) is 18.9. The molecule has 1 aliphatic heterocycles. The molecular weight excluding hydrogens is 284 g/mol. The first-order valence-corrected chi connectivity index (χ1v) is 6.35. The van der Waals surface area contributed by atoms with Gasteiger partial charge in [0.05, 0.1) is 11.6 Å². The van der Waals surface area contributed by atoms with Crippen LogP contribution in [0.1, 0.15) is 12.8 Å². The highest BCUT2D eigenvalue weighted by Crippen LogP contribution is 2.27. The number of hydrogen-bond donors (Lipinski definition) is 2. The largest absolute Gasteiger partial charge is 0.496 e. The summed E-state index contributed by atoms with van der Waals surface area (Å²) in [7, 11) is 1.64. The summed E-state index contributed by atoms with van der Waals surface area (Å²) in [6.07, 6.45) is 1.54. The van der Waals surface area contributed by atoms with Crippen LogP contribution in [0.3, 0.4) is 0 Å². The van der Waals surface area contributed by atoms with Crippen molar-refractivity contribution in [1.82, 2.24) is 5.32 Å². The van der Waals surface area contributed by atoms with E-state index in [4.69, 9.17) is 4.74 Å². The van der Waals surface area contributed by atoms with Crippen LogP contribution >= 0.6 is 15.9 Å². The van der Waals surface area contributed by atoms with Crippen molar-refractivity contribution in [2.24, 2.45) is 0 Å². The molecule has 1 saturated heterocycles. The van der Waals surface area contributed by atoms with Crippen molar-refractivity contribution in [1.29, 1.82) is 0 Å². The van der Waals surface area contributed by atoms with Gasteiger partial charge in [0.2, 0.25) is 5.91 Å². The van der Waals surface area contributed by atoms with Crippen LogP contribution < -0.4 is 15.4 Å². The average molecular weight is 299 g/mol. The molecule has 1 atom stereocenters. The smallest absolute Gasteiger partial charge is 0.220 e. The SMILES string of the molecule is COc1ccc(NCC2CCC(=O)N2)cc1Br. The molecule has 1 amide bonds. The summed E-state index contributed by atoms with van der Waals surface area (Å²) in [4.78, 5) is 11.0. The van der Waals surface area contributed by atoms with Crippen LogP contribution in [0.5, 0.6) is 5.75 Å². The first kappa shape index (κ1) is 12.2. The molecule has 0 spiro atoms. The van der Waals surface area contributed by atoms with Gasteiger partial charge in [-0.15, -0.1) is 0 Å². The summed E-state index contributed by atoms with van der Waals surface area (Å²) in [5.74, 6) is 0.956. The summed E-state index contributed by atoms with van der Waals surface area (Å²) in [5, 5.41) is 6.22. The van der Waals surface area contributed by atoms with E-state index in [1.54, 1.807) is 7.11 Å². The Hall–Kier alpha value is -1.23. The Morgan fingerprint density at radius 3 is 3.00 bits per heavy atom. The topological polar surface area (TPSA) is 50.4 Å². The molecule has 1 fully saturated rings. The van der Waals surface area contributed by atoms with Crippen molar-refractivity contribution in [3.05, 3.63) is 22.7 Å². The molecule has 0 radical (unpaired) electrons. The van der Waals surface area contributed by atoms with Gasteiger partial charge < -0.3 is 15.4 Å². The van der Waals surface area contributed by atoms with Gasteiger partial charge in [-0.05, 0) is 40.5 Å². The minimum Gasteiger partial charge on any atom is -0.496 e. The number of carbonyl (C=O) groups excluding carboxylic acids is 1. The van der Waals surface area contributed by atoms with Crippen LogP contribution in [0.25, 0.3) is 0 Å². The molecule has 1 aliphatic rings. The lowest BCUT2D eigenvalue weighted by molar-refractivity contribution is -0.119. The zero-order valence-electron chi connectivity index (χ0n) is 9.63. The van der Waals surface area contributed by atoms with Crippen molar-refractivity contribution >= 4 is 27.5 Å². The predicted molar refractivity (Wildman–Crippen MR) is 70.3 cm³/mol. The highest BCUT2D eigenvalue weighted by molar-refractivity contribution is 9.10. The lowest BCUT2D eigenvalue weighted by Gasteiger charge is -2.13. The molecule has 1 unspecified atom stereocenters. The molecule has 2 N–H and O–H groups in total. The van der Waals surface area contributed by atoms with Gasteiger partial charge in [0.25, 0.3) is 0 Å². The Kier molecular flexibility index (Phi) is 3.89. The molecule has 1 aromatic rings. The van der Waals surface area contributed by atoms with Gasteiger partial charge >= 0.3 is 0 Å². The third-order valence-corrected chi connectivity index (χ3v) is 3.41. The number of anilines is 1.